The normalized spacial score (nSPS) is 12.9. The molecule has 0 spiro atoms. The molecule has 0 rings (SSSR count). The second-order valence-corrected chi connectivity index (χ2v) is 6.83. The first kappa shape index (κ1) is 20.9. The topological polar surface area (TPSA) is 89.6 Å². The van der Waals surface area contributed by atoms with E-state index in [1.807, 2.05) is 0 Å². The van der Waals surface area contributed by atoms with Crippen LogP contribution in [0.15, 0.2) is 0 Å². The Morgan fingerprint density at radius 2 is 1.41 bits per heavy atom. The summed E-state index contributed by atoms with van der Waals surface area (Å²) in [6.07, 6.45) is 9.02. The lowest BCUT2D eigenvalue weighted by Gasteiger charge is -2.22. The van der Waals surface area contributed by atoms with Crippen molar-refractivity contribution in [3.63, 3.8) is 0 Å². The van der Waals surface area contributed by atoms with Gasteiger partial charge in [-0.2, -0.15) is 0 Å². The number of esters is 1. The van der Waals surface area contributed by atoms with E-state index in [9.17, 15) is 9.59 Å². The molecule has 0 fully saturated rings. The number of rotatable bonds is 12. The van der Waals surface area contributed by atoms with Crippen LogP contribution >= 0.6 is 0 Å². The Morgan fingerprint density at radius 3 is 1.82 bits per heavy atom. The summed E-state index contributed by atoms with van der Waals surface area (Å²) in [6.45, 7) is 6.00. The van der Waals surface area contributed by atoms with Crippen LogP contribution in [0.5, 0.6) is 0 Å². The zero-order valence-electron chi connectivity index (χ0n) is 14.4. The summed E-state index contributed by atoms with van der Waals surface area (Å²) in [4.78, 5) is 23.0. The third-order valence-corrected chi connectivity index (χ3v) is 3.44. The van der Waals surface area contributed by atoms with E-state index < -0.39 is 23.5 Å². The SMILES string of the molecule is CC(C)(C)OC(=O)C(CCCCCCCCCCN)C(=O)O. The molecule has 0 saturated heterocycles. The summed E-state index contributed by atoms with van der Waals surface area (Å²) in [5, 5.41) is 9.15. The van der Waals surface area contributed by atoms with Crippen LogP contribution in [0.2, 0.25) is 0 Å². The van der Waals surface area contributed by atoms with Crippen LogP contribution in [0.3, 0.4) is 0 Å². The van der Waals surface area contributed by atoms with Crippen molar-refractivity contribution in [2.24, 2.45) is 11.7 Å². The standard InChI is InChI=1S/C17H33NO4/c1-17(2,3)22-16(21)14(15(19)20)12-10-8-6-4-5-7-9-11-13-18/h14H,4-13,18H2,1-3H3,(H,19,20). The van der Waals surface area contributed by atoms with Crippen molar-refractivity contribution in [2.45, 2.75) is 84.2 Å². The number of carbonyl (C=O) groups is 2. The third kappa shape index (κ3) is 11.5. The second kappa shape index (κ2) is 11.5. The number of aliphatic carboxylic acids is 1. The Hall–Kier alpha value is -1.10. The molecule has 0 bridgehead atoms. The van der Waals surface area contributed by atoms with E-state index in [-0.39, 0.29) is 0 Å². The molecule has 0 heterocycles. The van der Waals surface area contributed by atoms with Gasteiger partial charge in [-0.25, -0.2) is 0 Å². The third-order valence-electron chi connectivity index (χ3n) is 3.44. The van der Waals surface area contributed by atoms with Crippen LogP contribution < -0.4 is 5.73 Å². The summed E-state index contributed by atoms with van der Waals surface area (Å²) in [6, 6.07) is 0. The van der Waals surface area contributed by atoms with Gasteiger partial charge in [0.05, 0.1) is 0 Å². The summed E-state index contributed by atoms with van der Waals surface area (Å²) in [5.41, 5.74) is 4.79. The highest BCUT2D eigenvalue weighted by molar-refractivity contribution is 5.94. The molecule has 0 aromatic heterocycles. The van der Waals surface area contributed by atoms with Gasteiger partial charge in [-0.3, -0.25) is 9.59 Å². The Labute approximate surface area is 134 Å². The molecular formula is C17H33NO4. The fraction of sp³-hybridized carbons (Fsp3) is 0.882. The van der Waals surface area contributed by atoms with Gasteiger partial charge in [-0.15, -0.1) is 0 Å². The molecule has 0 saturated carbocycles. The van der Waals surface area contributed by atoms with Gasteiger partial charge in [0.2, 0.25) is 0 Å². The maximum atomic E-state index is 11.9. The van der Waals surface area contributed by atoms with Gasteiger partial charge in [0.25, 0.3) is 0 Å². The van der Waals surface area contributed by atoms with Crippen molar-refractivity contribution in [3.8, 4) is 0 Å². The van der Waals surface area contributed by atoms with Crippen molar-refractivity contribution in [2.75, 3.05) is 6.54 Å². The minimum absolute atomic E-state index is 0.359. The van der Waals surface area contributed by atoms with E-state index >= 15 is 0 Å². The van der Waals surface area contributed by atoms with Crippen LogP contribution in [0.1, 0.15) is 78.6 Å². The number of carboxylic acids is 1. The zero-order chi connectivity index (χ0) is 17.0. The van der Waals surface area contributed by atoms with Gasteiger partial charge >= 0.3 is 11.9 Å². The molecule has 0 amide bonds. The molecule has 0 aliphatic heterocycles. The Balaban J connectivity index is 3.84. The van der Waals surface area contributed by atoms with Gasteiger partial charge in [-0.1, -0.05) is 44.9 Å². The van der Waals surface area contributed by atoms with E-state index in [2.05, 4.69) is 0 Å². The number of ether oxygens (including phenoxy) is 1. The molecule has 0 radical (unpaired) electrons. The minimum Gasteiger partial charge on any atom is -0.481 e. The molecule has 0 aliphatic carbocycles. The molecule has 22 heavy (non-hydrogen) atoms. The summed E-state index contributed by atoms with van der Waals surface area (Å²) < 4.78 is 5.16. The van der Waals surface area contributed by atoms with E-state index in [0.717, 1.165) is 38.6 Å². The summed E-state index contributed by atoms with van der Waals surface area (Å²) in [5.74, 6) is -2.75. The molecule has 3 N–H and O–H groups in total. The first-order valence-corrected chi connectivity index (χ1v) is 8.43. The number of hydrogen-bond donors (Lipinski definition) is 2. The van der Waals surface area contributed by atoms with Crippen molar-refractivity contribution in [1.29, 1.82) is 0 Å². The van der Waals surface area contributed by atoms with E-state index in [1.54, 1.807) is 20.8 Å². The van der Waals surface area contributed by atoms with Crippen LogP contribution in [0, 0.1) is 5.92 Å². The first-order valence-electron chi connectivity index (χ1n) is 8.43. The number of nitrogens with two attached hydrogens (primary N) is 1. The Morgan fingerprint density at radius 1 is 0.955 bits per heavy atom. The molecule has 5 nitrogen and oxygen atoms in total. The van der Waals surface area contributed by atoms with E-state index in [4.69, 9.17) is 15.6 Å². The minimum atomic E-state index is -1.09. The average Bonchev–Trinajstić information content (AvgIpc) is 2.38. The zero-order valence-corrected chi connectivity index (χ0v) is 14.4. The van der Waals surface area contributed by atoms with Crippen molar-refractivity contribution in [3.05, 3.63) is 0 Å². The number of unbranched alkanes of at least 4 members (excludes halogenated alkanes) is 7. The second-order valence-electron chi connectivity index (χ2n) is 6.83. The number of carbonyl (C=O) groups excluding carboxylic acids is 1. The van der Waals surface area contributed by atoms with Crippen LogP contribution in [-0.2, 0) is 14.3 Å². The van der Waals surface area contributed by atoms with Crippen molar-refractivity contribution >= 4 is 11.9 Å². The van der Waals surface area contributed by atoms with E-state index in [1.165, 1.54) is 19.3 Å². The van der Waals surface area contributed by atoms with Gasteiger partial charge in [-0.05, 0) is 40.2 Å². The fourth-order valence-electron chi connectivity index (χ4n) is 2.27. The monoisotopic (exact) mass is 315 g/mol. The summed E-state index contributed by atoms with van der Waals surface area (Å²) in [7, 11) is 0. The Kier molecular flexibility index (Phi) is 10.9. The van der Waals surface area contributed by atoms with Crippen molar-refractivity contribution in [1.82, 2.24) is 0 Å². The predicted octanol–water partition coefficient (Wildman–Crippen LogP) is 3.50. The average molecular weight is 315 g/mol. The molecule has 0 aromatic rings. The maximum absolute atomic E-state index is 11.9. The highest BCUT2D eigenvalue weighted by atomic mass is 16.6. The molecule has 1 atom stereocenters. The molecule has 0 aromatic carbocycles. The largest absolute Gasteiger partial charge is 0.481 e. The maximum Gasteiger partial charge on any atom is 0.320 e. The lowest BCUT2D eigenvalue weighted by atomic mass is 9.99. The molecular weight excluding hydrogens is 282 g/mol. The highest BCUT2D eigenvalue weighted by Gasteiger charge is 2.30. The van der Waals surface area contributed by atoms with Crippen LogP contribution in [-0.4, -0.2) is 29.2 Å². The van der Waals surface area contributed by atoms with E-state index in [0.29, 0.717) is 6.42 Å². The molecule has 130 valence electrons. The fourth-order valence-corrected chi connectivity index (χ4v) is 2.27. The predicted molar refractivity (Wildman–Crippen MR) is 87.6 cm³/mol. The van der Waals surface area contributed by atoms with Crippen LogP contribution in [0.4, 0.5) is 0 Å². The molecule has 1 unspecified atom stereocenters. The Bertz CT molecular complexity index is 323. The molecule has 5 heteroatoms. The first-order chi connectivity index (χ1) is 10.3. The van der Waals surface area contributed by atoms with Gasteiger partial charge in [0.15, 0.2) is 5.92 Å². The summed E-state index contributed by atoms with van der Waals surface area (Å²) >= 11 is 0. The van der Waals surface area contributed by atoms with Gasteiger partial charge in [0, 0.05) is 0 Å². The number of carboxylic acid groups (broad SMARTS) is 1. The van der Waals surface area contributed by atoms with Gasteiger partial charge in [0.1, 0.15) is 5.60 Å². The van der Waals surface area contributed by atoms with Crippen molar-refractivity contribution < 1.29 is 19.4 Å². The lowest BCUT2D eigenvalue weighted by Crippen LogP contribution is -2.32. The molecule has 0 aliphatic rings. The quantitative estimate of drug-likeness (QED) is 0.327. The smallest absolute Gasteiger partial charge is 0.320 e. The highest BCUT2D eigenvalue weighted by Crippen LogP contribution is 2.18. The lowest BCUT2D eigenvalue weighted by molar-refractivity contribution is -0.167. The number of hydrogen-bond acceptors (Lipinski definition) is 4. The van der Waals surface area contributed by atoms with Gasteiger partial charge < -0.3 is 15.6 Å². The van der Waals surface area contributed by atoms with Crippen LogP contribution in [0.25, 0.3) is 0 Å².